The van der Waals surface area contributed by atoms with Crippen molar-refractivity contribution in [2.75, 3.05) is 7.05 Å². The van der Waals surface area contributed by atoms with Gasteiger partial charge in [0.15, 0.2) is 0 Å². The lowest BCUT2D eigenvalue weighted by atomic mass is 9.91. The van der Waals surface area contributed by atoms with Crippen LogP contribution in [0.1, 0.15) is 60.8 Å². The maximum atomic E-state index is 12.7. The molecule has 1 fully saturated rings. The van der Waals surface area contributed by atoms with Crippen LogP contribution in [0.4, 0.5) is 4.79 Å². The lowest BCUT2D eigenvalue weighted by Crippen LogP contribution is -2.52. The fraction of sp³-hybridized carbons (Fsp3) is 0.824. The minimum Gasteiger partial charge on any atom is -0.444 e. The molecule has 0 aromatic heterocycles. The third kappa shape index (κ3) is 4.60. The number of hydrogen-bond donors (Lipinski definition) is 0. The molecule has 0 aromatic carbocycles. The van der Waals surface area contributed by atoms with E-state index in [9.17, 15) is 9.59 Å². The quantitative estimate of drug-likeness (QED) is 0.748. The molecule has 2 amide bonds. The normalized spacial score (nSPS) is 22.3. The van der Waals surface area contributed by atoms with E-state index in [4.69, 9.17) is 10.00 Å². The molecule has 1 aliphatic heterocycles. The molecular weight excluding hydrogens is 293 g/mol. The number of nitrogens with zero attached hydrogens (tertiary/aromatic N) is 3. The molecule has 0 spiro atoms. The fourth-order valence-electron chi connectivity index (χ4n) is 3.01. The van der Waals surface area contributed by atoms with Gasteiger partial charge in [0.25, 0.3) is 0 Å². The molecule has 0 aromatic rings. The molecule has 0 saturated carbocycles. The Balaban J connectivity index is 3.13. The Hall–Kier alpha value is -1.77. The molecule has 1 rings (SSSR count). The molecule has 2 atom stereocenters. The second kappa shape index (κ2) is 6.77. The lowest BCUT2D eigenvalue weighted by Gasteiger charge is -2.39. The van der Waals surface area contributed by atoms with Gasteiger partial charge in [0.1, 0.15) is 17.8 Å². The van der Waals surface area contributed by atoms with Crippen molar-refractivity contribution < 1.29 is 14.3 Å². The van der Waals surface area contributed by atoms with E-state index in [1.165, 1.54) is 0 Å². The minimum absolute atomic E-state index is 0.0891. The Labute approximate surface area is 139 Å². The Bertz CT molecular complexity index is 497. The van der Waals surface area contributed by atoms with E-state index >= 15 is 0 Å². The monoisotopic (exact) mass is 322 g/mol. The molecule has 130 valence electrons. The molecule has 0 bridgehead atoms. The van der Waals surface area contributed by atoms with Crippen LogP contribution in [0.2, 0.25) is 0 Å². The van der Waals surface area contributed by atoms with Gasteiger partial charge in [-0.15, -0.1) is 0 Å². The summed E-state index contributed by atoms with van der Waals surface area (Å²) in [6, 6.07) is 1.52. The van der Waals surface area contributed by atoms with Crippen molar-refractivity contribution >= 4 is 12.0 Å². The average Bonchev–Trinajstić information content (AvgIpc) is 2.61. The van der Waals surface area contributed by atoms with E-state index in [-0.39, 0.29) is 17.5 Å². The lowest BCUT2D eigenvalue weighted by molar-refractivity contribution is -0.129. The molecule has 1 heterocycles. The molecular formula is C17H29N3O3. The van der Waals surface area contributed by atoms with Crippen molar-refractivity contribution in [1.82, 2.24) is 9.80 Å². The van der Waals surface area contributed by atoms with Crippen molar-refractivity contribution in [3.05, 3.63) is 0 Å². The van der Waals surface area contributed by atoms with E-state index in [1.807, 2.05) is 41.5 Å². The molecule has 0 unspecified atom stereocenters. The molecule has 0 aliphatic carbocycles. The van der Waals surface area contributed by atoms with Crippen LogP contribution in [-0.2, 0) is 9.53 Å². The Morgan fingerprint density at radius 3 is 2.26 bits per heavy atom. The number of nitriles is 1. The maximum absolute atomic E-state index is 12.7. The summed E-state index contributed by atoms with van der Waals surface area (Å²) in [4.78, 5) is 28.5. The second-order valence-electron chi connectivity index (χ2n) is 8.14. The first-order valence-corrected chi connectivity index (χ1v) is 8.05. The van der Waals surface area contributed by atoms with Crippen LogP contribution in [0.25, 0.3) is 0 Å². The predicted molar refractivity (Wildman–Crippen MR) is 87.3 cm³/mol. The van der Waals surface area contributed by atoms with Gasteiger partial charge in [-0.2, -0.15) is 5.26 Å². The van der Waals surface area contributed by atoms with Gasteiger partial charge < -0.3 is 9.64 Å². The zero-order valence-electron chi connectivity index (χ0n) is 15.3. The highest BCUT2D eigenvalue weighted by Gasteiger charge is 2.52. The van der Waals surface area contributed by atoms with Crippen molar-refractivity contribution in [2.45, 2.75) is 78.6 Å². The van der Waals surface area contributed by atoms with Crippen molar-refractivity contribution in [3.8, 4) is 6.07 Å². The van der Waals surface area contributed by atoms with E-state index < -0.39 is 17.7 Å². The van der Waals surface area contributed by atoms with Gasteiger partial charge in [-0.1, -0.05) is 20.8 Å². The number of hydrogen-bond acceptors (Lipinski definition) is 4. The second-order valence-corrected chi connectivity index (χ2v) is 8.14. The Morgan fingerprint density at radius 2 is 1.83 bits per heavy atom. The van der Waals surface area contributed by atoms with Gasteiger partial charge in [0, 0.05) is 18.9 Å². The van der Waals surface area contributed by atoms with Crippen LogP contribution in [-0.4, -0.2) is 46.7 Å². The van der Waals surface area contributed by atoms with Crippen LogP contribution in [0.5, 0.6) is 0 Å². The van der Waals surface area contributed by atoms with Crippen molar-refractivity contribution in [3.63, 3.8) is 0 Å². The molecule has 23 heavy (non-hydrogen) atoms. The summed E-state index contributed by atoms with van der Waals surface area (Å²) >= 11 is 0. The van der Waals surface area contributed by atoms with E-state index in [0.29, 0.717) is 19.3 Å². The number of carbonyl (C=O) groups excluding carboxylic acids is 2. The third-order valence-electron chi connectivity index (χ3n) is 3.74. The summed E-state index contributed by atoms with van der Waals surface area (Å²) in [5, 5.41) is 8.72. The Morgan fingerprint density at radius 1 is 1.26 bits per heavy atom. The molecule has 0 radical (unpaired) electrons. The summed E-state index contributed by atoms with van der Waals surface area (Å²) in [7, 11) is 1.72. The van der Waals surface area contributed by atoms with Crippen molar-refractivity contribution in [2.24, 2.45) is 5.41 Å². The van der Waals surface area contributed by atoms with E-state index in [1.54, 1.807) is 16.8 Å². The standard InChI is InChI=1S/C17H29N3O3/c1-16(2,3)14-19(7)13(21)12(10-8-9-11-18)20(14)15(22)23-17(4,5)6/h12,14H,8-10H2,1-7H3/t12-,14-/m1/s1/i11-1. The Kier molecular flexibility index (Phi) is 5.68. The SMILES string of the molecule is CN1C(=O)[C@@H](CCC[11C]#N)N(C(=O)OC(C)(C)C)[C@@H]1C(C)(C)C. The van der Waals surface area contributed by atoms with Crippen molar-refractivity contribution in [1.29, 1.82) is 5.26 Å². The summed E-state index contributed by atoms with van der Waals surface area (Å²) in [6.07, 6.45) is 0.587. The van der Waals surface area contributed by atoms with E-state index in [2.05, 4.69) is 6.07 Å². The number of amides is 2. The molecule has 6 nitrogen and oxygen atoms in total. The summed E-state index contributed by atoms with van der Waals surface area (Å²) in [5.74, 6) is -0.0891. The molecule has 0 N–H and O–H groups in total. The smallest absolute Gasteiger partial charge is 0.412 e. The first-order valence-electron chi connectivity index (χ1n) is 8.05. The number of ether oxygens (including phenoxy) is 1. The number of rotatable bonds is 3. The zero-order valence-corrected chi connectivity index (χ0v) is 15.3. The first kappa shape index (κ1) is 19.3. The van der Waals surface area contributed by atoms with Crippen LogP contribution in [0.3, 0.4) is 0 Å². The maximum Gasteiger partial charge on any atom is 0.412 e. The highest BCUT2D eigenvalue weighted by molar-refractivity contribution is 5.89. The number of unbranched alkanes of at least 4 members (excludes halogenated alkanes) is 1. The van der Waals surface area contributed by atoms with Crippen LogP contribution in [0.15, 0.2) is 0 Å². The van der Waals surface area contributed by atoms with Gasteiger partial charge in [-0.25, -0.2) is 4.79 Å². The van der Waals surface area contributed by atoms with Gasteiger partial charge in [-0.05, 0) is 33.6 Å². The summed E-state index contributed by atoms with van der Waals surface area (Å²) in [5.41, 5.74) is -0.924. The highest BCUT2D eigenvalue weighted by atomic mass is 16.6. The average molecular weight is 322 g/mol. The third-order valence-corrected chi connectivity index (χ3v) is 3.74. The molecule has 1 saturated heterocycles. The van der Waals surface area contributed by atoms with Crippen LogP contribution >= 0.6 is 0 Å². The molecule has 6 heteroatoms. The minimum atomic E-state index is -0.624. The topological polar surface area (TPSA) is 73.6 Å². The van der Waals surface area contributed by atoms with Crippen LogP contribution < -0.4 is 0 Å². The summed E-state index contributed by atoms with van der Waals surface area (Å²) in [6.45, 7) is 11.4. The highest BCUT2D eigenvalue weighted by Crippen LogP contribution is 2.36. The fourth-order valence-corrected chi connectivity index (χ4v) is 3.01. The molecule has 1 aliphatic rings. The number of carbonyl (C=O) groups is 2. The van der Waals surface area contributed by atoms with E-state index in [0.717, 1.165) is 0 Å². The van der Waals surface area contributed by atoms with Gasteiger partial charge >= 0.3 is 6.09 Å². The van der Waals surface area contributed by atoms with Crippen LogP contribution in [0, 0.1) is 16.7 Å². The van der Waals surface area contributed by atoms with Gasteiger partial charge in [-0.3, -0.25) is 9.69 Å². The number of likely N-dealkylation sites (N-methyl/N-ethyl adjacent to an activating group) is 1. The van der Waals surface area contributed by atoms with Gasteiger partial charge in [0.2, 0.25) is 5.91 Å². The van der Waals surface area contributed by atoms with Gasteiger partial charge in [0.05, 0.1) is 6.07 Å². The summed E-state index contributed by atoms with van der Waals surface area (Å²) < 4.78 is 5.52. The zero-order chi connectivity index (χ0) is 18.0. The predicted octanol–water partition coefficient (Wildman–Crippen LogP) is 3.13. The first-order chi connectivity index (χ1) is 10.4. The largest absolute Gasteiger partial charge is 0.444 e.